The lowest BCUT2D eigenvalue weighted by molar-refractivity contribution is -0.121. The Morgan fingerprint density at radius 2 is 1.73 bits per heavy atom. The molecule has 0 heterocycles. The first-order chi connectivity index (χ1) is 12.6. The predicted molar refractivity (Wildman–Crippen MR) is 107 cm³/mol. The van der Waals surface area contributed by atoms with Gasteiger partial charge in [0.2, 0.25) is 5.91 Å². The summed E-state index contributed by atoms with van der Waals surface area (Å²) in [5, 5.41) is 5.45. The summed E-state index contributed by atoms with van der Waals surface area (Å²) in [5.41, 5.74) is 2.41. The fraction of sp³-hybridized carbons (Fsp3) is 0.261. The molecule has 0 spiro atoms. The first-order valence-electron chi connectivity index (χ1n) is 9.07. The average Bonchev–Trinajstić information content (AvgIpc) is 2.66. The van der Waals surface area contributed by atoms with E-state index in [9.17, 15) is 4.79 Å². The first-order valence-corrected chi connectivity index (χ1v) is 9.07. The van der Waals surface area contributed by atoms with Crippen LogP contribution in [-0.2, 0) is 11.2 Å². The molecule has 3 aromatic rings. The van der Waals surface area contributed by atoms with E-state index in [0.717, 1.165) is 12.2 Å². The molecule has 0 bridgehead atoms. The quantitative estimate of drug-likeness (QED) is 0.675. The van der Waals surface area contributed by atoms with Crippen LogP contribution in [0.4, 0.5) is 0 Å². The fourth-order valence-electron chi connectivity index (χ4n) is 3.00. The van der Waals surface area contributed by atoms with Crippen LogP contribution >= 0.6 is 0 Å². The van der Waals surface area contributed by atoms with Crippen LogP contribution in [0, 0.1) is 6.92 Å². The Morgan fingerprint density at radius 3 is 2.54 bits per heavy atom. The molecule has 3 nitrogen and oxygen atoms in total. The standard InChI is InChI=1S/C23H25NO2/c1-17-10-13-21(14-11-17)26-16-18(2)24-23(25)15-12-20-8-5-7-19-6-3-4-9-22(19)20/h3-11,13-14,18H,12,15-16H2,1-2H3,(H,24,25)/t18-/m1/s1. The van der Waals surface area contributed by atoms with E-state index >= 15 is 0 Å². The summed E-state index contributed by atoms with van der Waals surface area (Å²) in [6.07, 6.45) is 1.21. The van der Waals surface area contributed by atoms with Crippen LogP contribution in [-0.4, -0.2) is 18.6 Å². The van der Waals surface area contributed by atoms with Crippen molar-refractivity contribution < 1.29 is 9.53 Å². The maximum absolute atomic E-state index is 12.3. The van der Waals surface area contributed by atoms with Crippen molar-refractivity contribution >= 4 is 16.7 Å². The van der Waals surface area contributed by atoms with Crippen molar-refractivity contribution in [1.29, 1.82) is 0 Å². The van der Waals surface area contributed by atoms with E-state index in [2.05, 4.69) is 29.6 Å². The van der Waals surface area contributed by atoms with Gasteiger partial charge in [0.15, 0.2) is 0 Å². The Bertz CT molecular complexity index is 866. The molecule has 0 unspecified atom stereocenters. The summed E-state index contributed by atoms with van der Waals surface area (Å²) < 4.78 is 5.73. The highest BCUT2D eigenvalue weighted by molar-refractivity contribution is 5.86. The van der Waals surface area contributed by atoms with E-state index in [1.807, 2.05) is 56.3 Å². The Morgan fingerprint density at radius 1 is 1.00 bits per heavy atom. The predicted octanol–water partition coefficient (Wildman–Crippen LogP) is 4.66. The van der Waals surface area contributed by atoms with Crippen LogP contribution < -0.4 is 10.1 Å². The van der Waals surface area contributed by atoms with Crippen LogP contribution in [0.25, 0.3) is 10.8 Å². The van der Waals surface area contributed by atoms with E-state index in [-0.39, 0.29) is 11.9 Å². The van der Waals surface area contributed by atoms with Crippen molar-refractivity contribution in [2.75, 3.05) is 6.61 Å². The van der Waals surface area contributed by atoms with Crippen LogP contribution in [0.1, 0.15) is 24.5 Å². The maximum atomic E-state index is 12.3. The van der Waals surface area contributed by atoms with Crippen molar-refractivity contribution in [3.8, 4) is 5.75 Å². The second-order valence-corrected chi connectivity index (χ2v) is 6.73. The van der Waals surface area contributed by atoms with Gasteiger partial charge >= 0.3 is 0 Å². The Labute approximate surface area is 155 Å². The number of ether oxygens (including phenoxy) is 1. The second-order valence-electron chi connectivity index (χ2n) is 6.73. The molecule has 0 saturated heterocycles. The summed E-state index contributed by atoms with van der Waals surface area (Å²) >= 11 is 0. The smallest absolute Gasteiger partial charge is 0.220 e. The van der Waals surface area contributed by atoms with Gasteiger partial charge < -0.3 is 10.1 Å². The first kappa shape index (κ1) is 18.0. The zero-order valence-electron chi connectivity index (χ0n) is 15.4. The van der Waals surface area contributed by atoms with Gasteiger partial charge in [-0.3, -0.25) is 4.79 Å². The largest absolute Gasteiger partial charge is 0.491 e. The molecule has 0 aliphatic rings. The third-order valence-electron chi connectivity index (χ3n) is 4.43. The average molecular weight is 347 g/mol. The Balaban J connectivity index is 1.48. The molecule has 0 aromatic heterocycles. The lowest BCUT2D eigenvalue weighted by Crippen LogP contribution is -2.36. The molecule has 0 radical (unpaired) electrons. The number of amides is 1. The highest BCUT2D eigenvalue weighted by atomic mass is 16.5. The zero-order valence-corrected chi connectivity index (χ0v) is 15.4. The molecule has 134 valence electrons. The SMILES string of the molecule is Cc1ccc(OC[C@@H](C)NC(=O)CCc2cccc3ccccc23)cc1. The minimum Gasteiger partial charge on any atom is -0.491 e. The van der Waals surface area contributed by atoms with Gasteiger partial charge in [0.05, 0.1) is 6.04 Å². The van der Waals surface area contributed by atoms with Gasteiger partial charge in [-0.15, -0.1) is 0 Å². The number of nitrogens with one attached hydrogen (secondary N) is 1. The molecule has 3 aromatic carbocycles. The number of benzene rings is 3. The maximum Gasteiger partial charge on any atom is 0.220 e. The van der Waals surface area contributed by atoms with Crippen molar-refractivity contribution in [2.45, 2.75) is 32.7 Å². The van der Waals surface area contributed by atoms with Gasteiger partial charge in [0.25, 0.3) is 0 Å². The lowest BCUT2D eigenvalue weighted by Gasteiger charge is -2.15. The number of hydrogen-bond acceptors (Lipinski definition) is 2. The summed E-state index contributed by atoms with van der Waals surface area (Å²) in [6.45, 7) is 4.47. The van der Waals surface area contributed by atoms with Crippen LogP contribution in [0.3, 0.4) is 0 Å². The summed E-state index contributed by atoms with van der Waals surface area (Å²) in [5.74, 6) is 0.880. The lowest BCUT2D eigenvalue weighted by atomic mass is 10.0. The minimum atomic E-state index is -0.0312. The second kappa shape index (κ2) is 8.52. The normalized spacial score (nSPS) is 11.9. The number of fused-ring (bicyclic) bond motifs is 1. The molecule has 1 N–H and O–H groups in total. The van der Waals surface area contributed by atoms with Gasteiger partial charge in [0.1, 0.15) is 12.4 Å². The van der Waals surface area contributed by atoms with E-state index in [4.69, 9.17) is 4.74 Å². The highest BCUT2D eigenvalue weighted by Gasteiger charge is 2.09. The molecule has 3 heteroatoms. The van der Waals surface area contributed by atoms with Gasteiger partial charge in [-0.05, 0) is 48.7 Å². The van der Waals surface area contributed by atoms with Crippen LogP contribution in [0.15, 0.2) is 66.7 Å². The van der Waals surface area contributed by atoms with E-state index in [1.165, 1.54) is 21.9 Å². The molecule has 1 amide bonds. The number of rotatable bonds is 7. The third kappa shape index (κ3) is 4.85. The molecule has 0 saturated carbocycles. The van der Waals surface area contributed by atoms with Gasteiger partial charge in [0, 0.05) is 6.42 Å². The Hall–Kier alpha value is -2.81. The molecular weight excluding hydrogens is 322 g/mol. The molecule has 26 heavy (non-hydrogen) atoms. The third-order valence-corrected chi connectivity index (χ3v) is 4.43. The van der Waals surface area contributed by atoms with Crippen molar-refractivity contribution in [3.63, 3.8) is 0 Å². The molecule has 0 aliphatic carbocycles. The van der Waals surface area contributed by atoms with Crippen molar-refractivity contribution in [2.24, 2.45) is 0 Å². The van der Waals surface area contributed by atoms with Crippen molar-refractivity contribution in [3.05, 3.63) is 77.9 Å². The van der Waals surface area contributed by atoms with Crippen LogP contribution in [0.2, 0.25) is 0 Å². The zero-order chi connectivity index (χ0) is 18.4. The summed E-state index contributed by atoms with van der Waals surface area (Å²) in [4.78, 5) is 12.3. The topological polar surface area (TPSA) is 38.3 Å². The van der Waals surface area contributed by atoms with Gasteiger partial charge in [-0.1, -0.05) is 60.2 Å². The summed E-state index contributed by atoms with van der Waals surface area (Å²) in [6, 6.07) is 22.4. The molecule has 1 atom stereocenters. The number of carbonyl (C=O) groups excluding carboxylic acids is 1. The molecule has 3 rings (SSSR count). The number of carbonyl (C=O) groups is 1. The van der Waals surface area contributed by atoms with E-state index < -0.39 is 0 Å². The fourth-order valence-corrected chi connectivity index (χ4v) is 3.00. The summed E-state index contributed by atoms with van der Waals surface area (Å²) in [7, 11) is 0. The number of hydrogen-bond donors (Lipinski definition) is 1. The van der Waals surface area contributed by atoms with Crippen molar-refractivity contribution in [1.82, 2.24) is 5.32 Å². The molecular formula is C23H25NO2. The highest BCUT2D eigenvalue weighted by Crippen LogP contribution is 2.19. The monoisotopic (exact) mass is 347 g/mol. The molecule has 0 fully saturated rings. The van der Waals surface area contributed by atoms with Crippen LogP contribution in [0.5, 0.6) is 5.75 Å². The van der Waals surface area contributed by atoms with E-state index in [0.29, 0.717) is 13.0 Å². The van der Waals surface area contributed by atoms with Gasteiger partial charge in [-0.2, -0.15) is 0 Å². The molecule has 0 aliphatic heterocycles. The Kier molecular flexibility index (Phi) is 5.90. The van der Waals surface area contributed by atoms with E-state index in [1.54, 1.807) is 0 Å². The minimum absolute atomic E-state index is 0.0312. The van der Waals surface area contributed by atoms with Gasteiger partial charge in [-0.25, -0.2) is 0 Å². The number of aryl methyl sites for hydroxylation is 2.